The molecule has 0 spiro atoms. The molecule has 1 amide bonds. The SMILES string of the molecule is COC(=O)CCCCCc1[nH]c(/C=C2\NC(=O)C(C)=C2C)c(C)c1C. The van der Waals surface area contributed by atoms with Gasteiger partial charge in [-0.15, -0.1) is 0 Å². The van der Waals surface area contributed by atoms with E-state index < -0.39 is 0 Å². The molecule has 0 saturated carbocycles. The highest BCUT2D eigenvalue weighted by molar-refractivity contribution is 6.00. The lowest BCUT2D eigenvalue weighted by Gasteiger charge is -2.02. The molecule has 136 valence electrons. The number of rotatable bonds is 7. The van der Waals surface area contributed by atoms with E-state index in [4.69, 9.17) is 0 Å². The summed E-state index contributed by atoms with van der Waals surface area (Å²) < 4.78 is 4.66. The van der Waals surface area contributed by atoms with Gasteiger partial charge in [0.2, 0.25) is 0 Å². The Morgan fingerprint density at radius 2 is 1.76 bits per heavy atom. The average molecular weight is 344 g/mol. The van der Waals surface area contributed by atoms with Crippen LogP contribution in [0.3, 0.4) is 0 Å². The summed E-state index contributed by atoms with van der Waals surface area (Å²) in [7, 11) is 1.43. The fraction of sp³-hybridized carbons (Fsp3) is 0.500. The van der Waals surface area contributed by atoms with E-state index in [2.05, 4.69) is 28.9 Å². The molecule has 5 nitrogen and oxygen atoms in total. The van der Waals surface area contributed by atoms with Crippen LogP contribution in [0.25, 0.3) is 6.08 Å². The number of methoxy groups -OCH3 is 1. The van der Waals surface area contributed by atoms with E-state index in [1.807, 2.05) is 19.9 Å². The first kappa shape index (κ1) is 19.0. The summed E-state index contributed by atoms with van der Waals surface area (Å²) >= 11 is 0. The predicted octanol–water partition coefficient (Wildman–Crippen LogP) is 3.71. The van der Waals surface area contributed by atoms with Gasteiger partial charge in [-0.3, -0.25) is 9.59 Å². The highest BCUT2D eigenvalue weighted by Crippen LogP contribution is 2.25. The molecule has 25 heavy (non-hydrogen) atoms. The molecule has 0 aliphatic carbocycles. The minimum Gasteiger partial charge on any atom is -0.469 e. The van der Waals surface area contributed by atoms with Crippen LogP contribution in [-0.2, 0) is 20.7 Å². The van der Waals surface area contributed by atoms with Crippen molar-refractivity contribution in [1.29, 1.82) is 0 Å². The number of hydrogen-bond acceptors (Lipinski definition) is 3. The molecule has 2 N–H and O–H groups in total. The summed E-state index contributed by atoms with van der Waals surface area (Å²) in [5.74, 6) is -0.159. The van der Waals surface area contributed by atoms with E-state index in [1.54, 1.807) is 0 Å². The van der Waals surface area contributed by atoms with Gasteiger partial charge in [0.15, 0.2) is 0 Å². The third-order valence-electron chi connectivity index (χ3n) is 5.08. The van der Waals surface area contributed by atoms with Crippen molar-refractivity contribution in [2.75, 3.05) is 7.11 Å². The third kappa shape index (κ3) is 4.41. The van der Waals surface area contributed by atoms with Crippen LogP contribution in [0.2, 0.25) is 0 Å². The fourth-order valence-corrected chi connectivity index (χ4v) is 2.99. The summed E-state index contributed by atoms with van der Waals surface area (Å²) in [6.45, 7) is 8.03. The number of unbranched alkanes of at least 4 members (excludes halogenated alkanes) is 2. The number of aromatic nitrogens is 1. The second-order valence-corrected chi connectivity index (χ2v) is 6.67. The van der Waals surface area contributed by atoms with Crippen molar-refractivity contribution in [2.45, 2.75) is 59.8 Å². The van der Waals surface area contributed by atoms with Crippen LogP contribution in [0.5, 0.6) is 0 Å². The normalized spacial score (nSPS) is 15.9. The van der Waals surface area contributed by atoms with Gasteiger partial charge in [-0.25, -0.2) is 0 Å². The maximum atomic E-state index is 11.8. The zero-order chi connectivity index (χ0) is 18.6. The zero-order valence-electron chi connectivity index (χ0n) is 15.8. The Hall–Kier alpha value is -2.30. The molecule has 0 aromatic carbocycles. The topological polar surface area (TPSA) is 71.2 Å². The van der Waals surface area contributed by atoms with Crippen molar-refractivity contribution in [3.63, 3.8) is 0 Å². The smallest absolute Gasteiger partial charge is 0.305 e. The number of aromatic amines is 1. The van der Waals surface area contributed by atoms with Crippen LogP contribution in [-0.4, -0.2) is 24.0 Å². The largest absolute Gasteiger partial charge is 0.469 e. The first-order chi connectivity index (χ1) is 11.8. The lowest BCUT2D eigenvalue weighted by atomic mass is 10.1. The molecule has 1 aliphatic heterocycles. The van der Waals surface area contributed by atoms with Crippen LogP contribution in [0, 0.1) is 13.8 Å². The second-order valence-electron chi connectivity index (χ2n) is 6.67. The Morgan fingerprint density at radius 3 is 2.36 bits per heavy atom. The van der Waals surface area contributed by atoms with Gasteiger partial charge in [0.05, 0.1) is 7.11 Å². The summed E-state index contributed by atoms with van der Waals surface area (Å²) in [6, 6.07) is 0. The van der Waals surface area contributed by atoms with Crippen LogP contribution < -0.4 is 5.32 Å². The van der Waals surface area contributed by atoms with Crippen molar-refractivity contribution in [1.82, 2.24) is 10.3 Å². The molecule has 5 heteroatoms. The molecule has 0 fully saturated rings. The minimum absolute atomic E-state index is 0.0180. The van der Waals surface area contributed by atoms with Crippen molar-refractivity contribution in [2.24, 2.45) is 0 Å². The molecular formula is C20H28N2O3. The predicted molar refractivity (Wildman–Crippen MR) is 98.9 cm³/mol. The zero-order valence-corrected chi connectivity index (χ0v) is 15.8. The number of ether oxygens (including phenoxy) is 1. The van der Waals surface area contributed by atoms with Gasteiger partial charge in [-0.2, -0.15) is 0 Å². The average Bonchev–Trinajstić information content (AvgIpc) is 2.99. The fourth-order valence-electron chi connectivity index (χ4n) is 2.99. The summed E-state index contributed by atoms with van der Waals surface area (Å²) in [6.07, 6.45) is 6.35. The van der Waals surface area contributed by atoms with Crippen molar-refractivity contribution < 1.29 is 14.3 Å². The molecule has 0 saturated heterocycles. The highest BCUT2D eigenvalue weighted by atomic mass is 16.5. The number of esters is 1. The van der Waals surface area contributed by atoms with Gasteiger partial charge in [-0.1, -0.05) is 6.42 Å². The monoisotopic (exact) mass is 344 g/mol. The van der Waals surface area contributed by atoms with Gasteiger partial charge >= 0.3 is 5.97 Å². The lowest BCUT2D eigenvalue weighted by Crippen LogP contribution is -2.15. The number of hydrogen-bond donors (Lipinski definition) is 2. The van der Waals surface area contributed by atoms with E-state index >= 15 is 0 Å². The van der Waals surface area contributed by atoms with Crippen LogP contribution >= 0.6 is 0 Å². The van der Waals surface area contributed by atoms with E-state index in [9.17, 15) is 9.59 Å². The van der Waals surface area contributed by atoms with Crippen LogP contribution in [0.1, 0.15) is 62.0 Å². The van der Waals surface area contributed by atoms with Gasteiger partial charge in [0, 0.05) is 29.1 Å². The Kier molecular flexibility index (Phi) is 6.23. The molecule has 1 aromatic rings. The number of amides is 1. The number of H-pyrrole nitrogens is 1. The number of allylic oxidation sites excluding steroid dienone is 1. The first-order valence-corrected chi connectivity index (χ1v) is 8.81. The summed E-state index contributed by atoms with van der Waals surface area (Å²) in [5, 5.41) is 2.92. The van der Waals surface area contributed by atoms with Gasteiger partial charge < -0.3 is 15.0 Å². The molecule has 1 aromatic heterocycles. The van der Waals surface area contributed by atoms with E-state index in [0.29, 0.717) is 6.42 Å². The van der Waals surface area contributed by atoms with Crippen LogP contribution in [0.4, 0.5) is 0 Å². The van der Waals surface area contributed by atoms with Crippen LogP contribution in [0.15, 0.2) is 16.8 Å². The maximum Gasteiger partial charge on any atom is 0.305 e. The van der Waals surface area contributed by atoms with E-state index in [-0.39, 0.29) is 11.9 Å². The van der Waals surface area contributed by atoms with Gasteiger partial charge in [0.25, 0.3) is 5.91 Å². The molecule has 0 unspecified atom stereocenters. The quantitative estimate of drug-likeness (QED) is 0.585. The Morgan fingerprint density at radius 1 is 1.04 bits per heavy atom. The van der Waals surface area contributed by atoms with Crippen molar-refractivity contribution in [3.05, 3.63) is 39.4 Å². The first-order valence-electron chi connectivity index (χ1n) is 8.81. The Balaban J connectivity index is 2.01. The Labute approximate surface area is 149 Å². The molecule has 2 heterocycles. The molecule has 0 bridgehead atoms. The molecular weight excluding hydrogens is 316 g/mol. The van der Waals surface area contributed by atoms with Gasteiger partial charge in [-0.05, 0) is 69.7 Å². The number of nitrogens with one attached hydrogen (secondary N) is 2. The maximum absolute atomic E-state index is 11.8. The third-order valence-corrected chi connectivity index (χ3v) is 5.08. The van der Waals surface area contributed by atoms with E-state index in [0.717, 1.165) is 48.2 Å². The summed E-state index contributed by atoms with van der Waals surface area (Å²) in [4.78, 5) is 26.4. The highest BCUT2D eigenvalue weighted by Gasteiger charge is 2.21. The number of carbonyl (C=O) groups excluding carboxylic acids is 2. The number of carbonyl (C=O) groups is 2. The lowest BCUT2D eigenvalue weighted by molar-refractivity contribution is -0.140. The molecule has 0 atom stereocenters. The minimum atomic E-state index is -0.141. The van der Waals surface area contributed by atoms with E-state index in [1.165, 1.54) is 23.9 Å². The molecule has 2 rings (SSSR count). The Bertz CT molecular complexity index is 738. The van der Waals surface area contributed by atoms with Gasteiger partial charge in [0.1, 0.15) is 0 Å². The van der Waals surface area contributed by atoms with Crippen molar-refractivity contribution >= 4 is 18.0 Å². The summed E-state index contributed by atoms with van der Waals surface area (Å²) in [5.41, 5.74) is 7.40. The molecule has 0 radical (unpaired) electrons. The second kappa shape index (κ2) is 8.19. The standard InChI is InChI=1S/C20H28N2O3/c1-12-13(2)17(11-18-14(3)15(4)20(24)22-18)21-16(12)9-7-6-8-10-19(23)25-5/h11,21H,6-10H2,1-5H3,(H,22,24)/b18-11-. The number of aryl methyl sites for hydroxylation is 1. The van der Waals surface area contributed by atoms with Crippen molar-refractivity contribution in [3.8, 4) is 0 Å². The molecule has 1 aliphatic rings.